The number of halogens is 1. The number of hydrogen-bond donors (Lipinski definition) is 4. The van der Waals surface area contributed by atoms with Crippen molar-refractivity contribution < 1.29 is 47.3 Å². The summed E-state index contributed by atoms with van der Waals surface area (Å²) in [5, 5.41) is 17.9. The number of likely N-dealkylation sites (N-methyl/N-ethyl adjacent to an activating group) is 2. The Labute approximate surface area is 481 Å². The molecule has 0 bridgehead atoms. The highest BCUT2D eigenvalue weighted by Gasteiger charge is 2.39. The van der Waals surface area contributed by atoms with Crippen molar-refractivity contribution in [3.05, 3.63) is 119 Å². The second-order valence-corrected chi connectivity index (χ2v) is 21.0. The van der Waals surface area contributed by atoms with E-state index in [2.05, 4.69) is 92.5 Å². The number of anilines is 2. The number of piperazine rings is 1. The van der Waals surface area contributed by atoms with Crippen LogP contribution in [-0.4, -0.2) is 178 Å². The zero-order valence-electron chi connectivity index (χ0n) is 48.0. The summed E-state index contributed by atoms with van der Waals surface area (Å²) in [5.74, 6) is 0.565. The number of carbonyl (C=O) groups excluding carboxylic acids is 5. The van der Waals surface area contributed by atoms with Gasteiger partial charge in [-0.2, -0.15) is 5.10 Å². The normalized spacial score (nSPS) is 15.1. The van der Waals surface area contributed by atoms with Gasteiger partial charge in [0.25, 0.3) is 5.91 Å². The molecular formula is C61H82FN11O9. The highest BCUT2D eigenvalue weighted by Crippen LogP contribution is 2.36. The number of likely N-dealkylation sites (tertiary alicyclic amines) is 1. The van der Waals surface area contributed by atoms with Crippen LogP contribution >= 0.6 is 0 Å². The van der Waals surface area contributed by atoms with Crippen LogP contribution in [0.1, 0.15) is 115 Å². The van der Waals surface area contributed by atoms with Crippen molar-refractivity contribution in [2.24, 2.45) is 0 Å². The van der Waals surface area contributed by atoms with E-state index >= 15 is 4.39 Å². The average molecular weight is 1130 g/mol. The Balaban J connectivity index is 0.694. The lowest BCUT2D eigenvalue weighted by atomic mass is 9.86. The van der Waals surface area contributed by atoms with Crippen LogP contribution < -0.4 is 25.6 Å². The Hall–Kier alpha value is -7.17. The third-order valence-electron chi connectivity index (χ3n) is 15.2. The molecule has 1 unspecified atom stereocenters. The van der Waals surface area contributed by atoms with Crippen LogP contribution in [0.2, 0.25) is 0 Å². The summed E-state index contributed by atoms with van der Waals surface area (Å²) in [5.41, 5.74) is 3.87. The quantitative estimate of drug-likeness (QED) is 0.0241. The molecular weight excluding hydrogens is 1050 g/mol. The van der Waals surface area contributed by atoms with Crippen molar-refractivity contribution in [3.8, 4) is 17.1 Å². The van der Waals surface area contributed by atoms with Crippen molar-refractivity contribution in [3.63, 3.8) is 0 Å². The van der Waals surface area contributed by atoms with Gasteiger partial charge in [-0.05, 0) is 119 Å². The number of unbranched alkanes of at least 4 members (excludes halogenated alkanes) is 3. The summed E-state index contributed by atoms with van der Waals surface area (Å²) in [6.07, 6.45) is 11.4. The predicted octanol–water partition coefficient (Wildman–Crippen LogP) is 6.99. The molecule has 0 spiro atoms. The Kier molecular flexibility index (Phi) is 24.7. The second-order valence-electron chi connectivity index (χ2n) is 21.0. The van der Waals surface area contributed by atoms with Crippen molar-refractivity contribution in [1.82, 2.24) is 45.5 Å². The molecule has 4 heterocycles. The molecule has 2 aliphatic heterocycles. The van der Waals surface area contributed by atoms with Gasteiger partial charge in [0.1, 0.15) is 23.9 Å². The number of piperidine rings is 1. The number of amides is 3. The van der Waals surface area contributed by atoms with Gasteiger partial charge in [-0.3, -0.25) is 29.3 Å². The zero-order valence-corrected chi connectivity index (χ0v) is 48.0. The van der Waals surface area contributed by atoms with E-state index in [1.54, 1.807) is 22.2 Å². The van der Waals surface area contributed by atoms with Gasteiger partial charge >= 0.3 is 0 Å². The van der Waals surface area contributed by atoms with Gasteiger partial charge in [0.2, 0.25) is 11.8 Å². The lowest BCUT2D eigenvalue weighted by Gasteiger charge is -2.40. The third kappa shape index (κ3) is 18.2. The van der Waals surface area contributed by atoms with Gasteiger partial charge < -0.3 is 59.3 Å². The summed E-state index contributed by atoms with van der Waals surface area (Å²) in [6, 6.07) is 22.3. The van der Waals surface area contributed by atoms with Crippen LogP contribution in [0, 0.1) is 5.82 Å². The van der Waals surface area contributed by atoms with E-state index in [1.807, 2.05) is 18.2 Å². The van der Waals surface area contributed by atoms with E-state index in [4.69, 9.17) is 23.9 Å². The second kappa shape index (κ2) is 32.5. The first-order valence-electron chi connectivity index (χ1n) is 28.7. The van der Waals surface area contributed by atoms with Crippen molar-refractivity contribution in [2.75, 3.05) is 117 Å². The molecule has 2 aliphatic rings. The minimum Gasteiger partial charge on any atom is -0.494 e. The maximum atomic E-state index is 15.3. The van der Waals surface area contributed by atoms with Crippen LogP contribution in [0.15, 0.2) is 85.2 Å². The molecule has 20 nitrogen and oxygen atoms in total. The van der Waals surface area contributed by atoms with E-state index < -0.39 is 23.7 Å². The van der Waals surface area contributed by atoms with Gasteiger partial charge in [0.15, 0.2) is 17.9 Å². The number of nitrogens with one attached hydrogen (secondary N) is 4. The van der Waals surface area contributed by atoms with Gasteiger partial charge in [-0.15, -0.1) is 0 Å². The standard InChI is InChI=1S/C61H82FN11O9/c1-45(65-43-46-13-9-15-50(39-46)67-61(21-25-70(3)26-22-61)60-66-57(68-69-60)47-19-23-64-24-20-47)48-14-10-16-51(40-48)82-34-8-6-5-7-32-79-35-37-81-38-36-80-33-12-18-56(76)73-29-27-72(28-30-73)55-42-52(49(44-75)41-53(55)62)59(78)71(4)54(17-11-31-74)58(77)63-2/h9-10,13-16,19-20,23-24,31,39-42,44-45,54,65,67H,5-8,11-12,17-18,21-22,25-30,32-38,43H2,1-4H3,(H,63,77)(H,66,68,69)/t45-,54?/m1/s1. The van der Waals surface area contributed by atoms with Crippen LogP contribution in [0.3, 0.4) is 0 Å². The van der Waals surface area contributed by atoms with Crippen LogP contribution in [0.5, 0.6) is 5.75 Å². The molecule has 5 aromatic rings. The minimum atomic E-state index is -0.963. The molecule has 2 saturated heterocycles. The third-order valence-corrected chi connectivity index (χ3v) is 15.2. The molecule has 0 radical (unpaired) electrons. The van der Waals surface area contributed by atoms with Crippen LogP contribution in [-0.2, 0) is 40.7 Å². The first-order chi connectivity index (χ1) is 39.9. The van der Waals surface area contributed by atoms with Crippen LogP contribution in [0.4, 0.5) is 15.8 Å². The minimum absolute atomic E-state index is 0.0298. The SMILES string of the molecule is CNC(=O)C(CCC=O)N(C)C(=O)c1cc(N2CCN(C(=O)CCCOCCOCCOCCCCCCOc3cccc([C@@H](C)NCc4cccc(NC5(c6nc(-c7ccncc7)n[nH]6)CCN(C)CC5)c4)c3)CC2)c(F)cc1C=O. The summed E-state index contributed by atoms with van der Waals surface area (Å²) in [4.78, 5) is 78.0. The van der Waals surface area contributed by atoms with Crippen molar-refractivity contribution in [2.45, 2.75) is 95.3 Å². The fourth-order valence-corrected chi connectivity index (χ4v) is 10.2. The van der Waals surface area contributed by atoms with Crippen molar-refractivity contribution >= 4 is 41.7 Å². The predicted molar refractivity (Wildman–Crippen MR) is 311 cm³/mol. The molecule has 3 aromatic carbocycles. The maximum Gasteiger partial charge on any atom is 0.255 e. The molecule has 2 aromatic heterocycles. The van der Waals surface area contributed by atoms with E-state index in [9.17, 15) is 24.0 Å². The van der Waals surface area contributed by atoms with E-state index in [0.717, 1.165) is 85.4 Å². The van der Waals surface area contributed by atoms with Gasteiger partial charge in [0.05, 0.1) is 49.8 Å². The molecule has 4 N–H and O–H groups in total. The molecule has 2 fully saturated rings. The highest BCUT2D eigenvalue weighted by atomic mass is 19.1. The number of benzene rings is 3. The Bertz CT molecular complexity index is 2810. The zero-order chi connectivity index (χ0) is 58.1. The first-order valence-corrected chi connectivity index (χ1v) is 28.7. The Morgan fingerprint density at radius 3 is 2.23 bits per heavy atom. The molecule has 7 rings (SSSR count). The fraction of sp³-hybridized carbons (Fsp3) is 0.508. The number of aldehydes is 2. The summed E-state index contributed by atoms with van der Waals surface area (Å²) < 4.78 is 38.6. The van der Waals surface area contributed by atoms with Gasteiger partial charge in [-0.25, -0.2) is 9.37 Å². The number of rotatable bonds is 34. The van der Waals surface area contributed by atoms with Gasteiger partial charge in [0, 0.05) is 121 Å². The summed E-state index contributed by atoms with van der Waals surface area (Å²) in [6.45, 7) is 9.66. The van der Waals surface area contributed by atoms with Crippen LogP contribution in [0.25, 0.3) is 11.4 Å². The molecule has 442 valence electrons. The number of ether oxygens (including phenoxy) is 4. The fourth-order valence-electron chi connectivity index (χ4n) is 10.2. The topological polar surface area (TPSA) is 226 Å². The van der Waals surface area contributed by atoms with E-state index in [1.165, 1.54) is 31.3 Å². The lowest BCUT2D eigenvalue weighted by molar-refractivity contribution is -0.132. The first kappa shape index (κ1) is 62.4. The Morgan fingerprint density at radius 2 is 1.52 bits per heavy atom. The van der Waals surface area contributed by atoms with E-state index in [0.29, 0.717) is 110 Å². The molecule has 0 aliphatic carbocycles. The number of H-pyrrole nitrogens is 1. The smallest absolute Gasteiger partial charge is 0.255 e. The number of aromatic amines is 1. The molecule has 21 heteroatoms. The average Bonchev–Trinajstić information content (AvgIpc) is 4.09. The summed E-state index contributed by atoms with van der Waals surface area (Å²) >= 11 is 0. The number of aromatic nitrogens is 4. The lowest BCUT2D eigenvalue weighted by Crippen LogP contribution is -2.49. The number of nitrogens with zero attached hydrogens (tertiary/aromatic N) is 7. The number of hydrogen-bond acceptors (Lipinski definition) is 16. The van der Waals surface area contributed by atoms with E-state index in [-0.39, 0.29) is 47.1 Å². The maximum absolute atomic E-state index is 15.3. The van der Waals surface area contributed by atoms with Crippen molar-refractivity contribution in [1.29, 1.82) is 0 Å². The molecule has 0 saturated carbocycles. The molecule has 82 heavy (non-hydrogen) atoms. The molecule has 3 amide bonds. The van der Waals surface area contributed by atoms with Gasteiger partial charge in [-0.1, -0.05) is 30.7 Å². The monoisotopic (exact) mass is 1130 g/mol. The Morgan fingerprint density at radius 1 is 0.829 bits per heavy atom. The highest BCUT2D eigenvalue weighted by molar-refractivity contribution is 6.04. The molecule has 2 atom stereocenters. The number of carbonyl (C=O) groups is 5. The largest absolute Gasteiger partial charge is 0.494 e. The summed E-state index contributed by atoms with van der Waals surface area (Å²) in [7, 11) is 4.99. The number of pyridine rings is 1.